The minimum Gasteiger partial charge on any atom is -0.492 e. The van der Waals surface area contributed by atoms with Gasteiger partial charge in [0.15, 0.2) is 0 Å². The summed E-state index contributed by atoms with van der Waals surface area (Å²) >= 11 is 5.99. The molecular weight excluding hydrogens is 270 g/mol. The summed E-state index contributed by atoms with van der Waals surface area (Å²) in [6.07, 6.45) is 0. The molecule has 0 amide bonds. The van der Waals surface area contributed by atoms with Crippen LogP contribution in [0.25, 0.3) is 0 Å². The van der Waals surface area contributed by atoms with Crippen LogP contribution in [0.15, 0.2) is 36.4 Å². The van der Waals surface area contributed by atoms with Gasteiger partial charge in [0.05, 0.1) is 6.04 Å². The molecule has 0 bridgehead atoms. The van der Waals surface area contributed by atoms with Gasteiger partial charge in [-0.1, -0.05) is 29.8 Å². The van der Waals surface area contributed by atoms with E-state index in [0.29, 0.717) is 6.61 Å². The van der Waals surface area contributed by atoms with Crippen molar-refractivity contribution in [2.45, 2.75) is 26.8 Å². The molecule has 1 unspecified atom stereocenters. The van der Waals surface area contributed by atoms with Crippen LogP contribution in [0.3, 0.4) is 0 Å². The molecule has 0 saturated carbocycles. The molecule has 2 aromatic rings. The zero-order chi connectivity index (χ0) is 14.7. The summed E-state index contributed by atoms with van der Waals surface area (Å²) in [6.45, 7) is 6.59. The lowest BCUT2D eigenvalue weighted by atomic mass is 10.0. The lowest BCUT2D eigenvalue weighted by Crippen LogP contribution is -2.19. The first kappa shape index (κ1) is 14.9. The van der Waals surface area contributed by atoms with Gasteiger partial charge in [-0.3, -0.25) is 0 Å². The highest BCUT2D eigenvalue weighted by molar-refractivity contribution is 6.31. The van der Waals surface area contributed by atoms with Crippen LogP contribution in [-0.2, 0) is 0 Å². The minimum absolute atomic E-state index is 0.134. The summed E-state index contributed by atoms with van der Waals surface area (Å²) in [7, 11) is 0. The SMILES string of the molecule is Cc1ccc(C(N)COc2ccc(Cl)c(C)c2)cc1C. The third-order valence-corrected chi connectivity index (χ3v) is 3.94. The third kappa shape index (κ3) is 3.53. The largest absolute Gasteiger partial charge is 0.492 e. The summed E-state index contributed by atoms with van der Waals surface area (Å²) < 4.78 is 5.74. The summed E-state index contributed by atoms with van der Waals surface area (Å²) in [6, 6.07) is 11.8. The average molecular weight is 290 g/mol. The molecule has 0 heterocycles. The van der Waals surface area contributed by atoms with Gasteiger partial charge in [-0.2, -0.15) is 0 Å². The average Bonchev–Trinajstić information content (AvgIpc) is 2.43. The Labute approximate surface area is 125 Å². The van der Waals surface area contributed by atoms with Crippen LogP contribution in [0, 0.1) is 20.8 Å². The smallest absolute Gasteiger partial charge is 0.119 e. The van der Waals surface area contributed by atoms with E-state index in [1.807, 2.05) is 25.1 Å². The second-order valence-electron chi connectivity index (χ2n) is 5.17. The Morgan fingerprint density at radius 3 is 2.40 bits per heavy atom. The van der Waals surface area contributed by atoms with Crippen LogP contribution >= 0.6 is 11.6 Å². The highest BCUT2D eigenvalue weighted by Crippen LogP contribution is 2.22. The first-order chi connectivity index (χ1) is 9.47. The molecule has 0 spiro atoms. The maximum Gasteiger partial charge on any atom is 0.119 e. The Kier molecular flexibility index (Phi) is 4.69. The molecule has 0 saturated heterocycles. The molecule has 2 N–H and O–H groups in total. The predicted molar refractivity (Wildman–Crippen MR) is 84.5 cm³/mol. The number of halogens is 1. The maximum atomic E-state index is 6.18. The van der Waals surface area contributed by atoms with Crippen LogP contribution in [-0.4, -0.2) is 6.61 Å². The van der Waals surface area contributed by atoms with E-state index in [2.05, 4.69) is 32.0 Å². The molecule has 2 nitrogen and oxygen atoms in total. The first-order valence-electron chi connectivity index (χ1n) is 6.69. The Morgan fingerprint density at radius 1 is 1.00 bits per heavy atom. The van der Waals surface area contributed by atoms with Crippen LogP contribution in [0.4, 0.5) is 0 Å². The molecule has 1 atom stereocenters. The van der Waals surface area contributed by atoms with Crippen LogP contribution in [0.1, 0.15) is 28.3 Å². The van der Waals surface area contributed by atoms with E-state index >= 15 is 0 Å². The van der Waals surface area contributed by atoms with Crippen molar-refractivity contribution in [1.82, 2.24) is 0 Å². The molecule has 0 aromatic heterocycles. The molecule has 3 heteroatoms. The molecule has 0 aliphatic carbocycles. The number of rotatable bonds is 4. The van der Waals surface area contributed by atoms with E-state index in [1.54, 1.807) is 0 Å². The van der Waals surface area contributed by atoms with Crippen molar-refractivity contribution in [3.8, 4) is 5.75 Å². The molecular formula is C17H20ClNO. The fourth-order valence-electron chi connectivity index (χ4n) is 1.98. The van der Waals surface area contributed by atoms with Crippen molar-refractivity contribution >= 4 is 11.6 Å². The maximum absolute atomic E-state index is 6.18. The van der Waals surface area contributed by atoms with E-state index < -0.39 is 0 Å². The Hall–Kier alpha value is -1.51. The van der Waals surface area contributed by atoms with Crippen LogP contribution in [0.2, 0.25) is 5.02 Å². The summed E-state index contributed by atoms with van der Waals surface area (Å²) in [5, 5.41) is 0.746. The van der Waals surface area contributed by atoms with Gasteiger partial charge in [-0.05, 0) is 61.2 Å². The molecule has 2 aromatic carbocycles. The van der Waals surface area contributed by atoms with Gasteiger partial charge < -0.3 is 10.5 Å². The van der Waals surface area contributed by atoms with Gasteiger partial charge in [-0.15, -0.1) is 0 Å². The van der Waals surface area contributed by atoms with E-state index in [4.69, 9.17) is 22.1 Å². The number of benzene rings is 2. The molecule has 0 fully saturated rings. The van der Waals surface area contributed by atoms with E-state index in [1.165, 1.54) is 11.1 Å². The van der Waals surface area contributed by atoms with Crippen molar-refractivity contribution in [3.63, 3.8) is 0 Å². The van der Waals surface area contributed by atoms with Crippen molar-refractivity contribution in [2.75, 3.05) is 6.61 Å². The molecule has 20 heavy (non-hydrogen) atoms. The highest BCUT2D eigenvalue weighted by atomic mass is 35.5. The molecule has 0 aliphatic heterocycles. The van der Waals surface area contributed by atoms with Crippen molar-refractivity contribution < 1.29 is 4.74 Å². The fraction of sp³-hybridized carbons (Fsp3) is 0.294. The predicted octanol–water partition coefficient (Wildman–Crippen LogP) is 4.34. The lowest BCUT2D eigenvalue weighted by molar-refractivity contribution is 0.290. The number of hydrogen-bond acceptors (Lipinski definition) is 2. The summed E-state index contributed by atoms with van der Waals surface area (Å²) in [5.74, 6) is 0.797. The molecule has 0 radical (unpaired) electrons. The van der Waals surface area contributed by atoms with E-state index in [0.717, 1.165) is 21.9 Å². The van der Waals surface area contributed by atoms with E-state index in [-0.39, 0.29) is 6.04 Å². The molecule has 106 valence electrons. The monoisotopic (exact) mass is 289 g/mol. The van der Waals surface area contributed by atoms with Gasteiger partial charge in [0, 0.05) is 5.02 Å². The highest BCUT2D eigenvalue weighted by Gasteiger charge is 2.08. The first-order valence-corrected chi connectivity index (χ1v) is 7.07. The van der Waals surface area contributed by atoms with Crippen molar-refractivity contribution in [2.24, 2.45) is 5.73 Å². The van der Waals surface area contributed by atoms with Gasteiger partial charge in [0.25, 0.3) is 0 Å². The second-order valence-corrected chi connectivity index (χ2v) is 5.58. The molecule has 2 rings (SSSR count). The van der Waals surface area contributed by atoms with Gasteiger partial charge in [0.2, 0.25) is 0 Å². The Morgan fingerprint density at radius 2 is 1.75 bits per heavy atom. The van der Waals surface area contributed by atoms with Crippen molar-refractivity contribution in [3.05, 3.63) is 63.7 Å². The lowest BCUT2D eigenvalue weighted by Gasteiger charge is -2.15. The minimum atomic E-state index is -0.134. The summed E-state index contributed by atoms with van der Waals surface area (Å²) in [5.41, 5.74) is 10.8. The van der Waals surface area contributed by atoms with Crippen molar-refractivity contribution in [1.29, 1.82) is 0 Å². The number of hydrogen-bond donors (Lipinski definition) is 1. The van der Waals surface area contributed by atoms with Gasteiger partial charge >= 0.3 is 0 Å². The Balaban J connectivity index is 2.02. The number of aryl methyl sites for hydroxylation is 3. The van der Waals surface area contributed by atoms with Crippen LogP contribution in [0.5, 0.6) is 5.75 Å². The number of nitrogens with two attached hydrogens (primary N) is 1. The topological polar surface area (TPSA) is 35.2 Å². The Bertz CT molecular complexity index is 610. The van der Waals surface area contributed by atoms with Crippen LogP contribution < -0.4 is 10.5 Å². The normalized spacial score (nSPS) is 12.2. The standard InChI is InChI=1S/C17H20ClNO/c1-11-4-5-14(8-12(11)2)17(19)10-20-15-6-7-16(18)13(3)9-15/h4-9,17H,10,19H2,1-3H3. The summed E-state index contributed by atoms with van der Waals surface area (Å²) in [4.78, 5) is 0. The van der Waals surface area contributed by atoms with Gasteiger partial charge in [-0.25, -0.2) is 0 Å². The van der Waals surface area contributed by atoms with Gasteiger partial charge in [0.1, 0.15) is 12.4 Å². The third-order valence-electron chi connectivity index (χ3n) is 3.52. The van der Waals surface area contributed by atoms with E-state index in [9.17, 15) is 0 Å². The zero-order valence-corrected chi connectivity index (χ0v) is 12.9. The zero-order valence-electron chi connectivity index (χ0n) is 12.1. The fourth-order valence-corrected chi connectivity index (χ4v) is 2.10. The second kappa shape index (κ2) is 6.29. The molecule has 0 aliphatic rings. The number of ether oxygens (including phenoxy) is 1. The quantitative estimate of drug-likeness (QED) is 0.908.